The largest absolute Gasteiger partial charge is 0.496 e. The van der Waals surface area contributed by atoms with Crippen LogP contribution < -0.4 is 15.6 Å². The molecule has 1 heterocycles. The number of ether oxygens (including phenoxy) is 1. The smallest absolute Gasteiger partial charge is 0.270 e. The summed E-state index contributed by atoms with van der Waals surface area (Å²) in [6.07, 6.45) is 0. The monoisotopic (exact) mass is 442 g/mol. The highest BCUT2D eigenvalue weighted by atomic mass is 32.2. The highest BCUT2D eigenvalue weighted by molar-refractivity contribution is 7.99. The van der Waals surface area contributed by atoms with Crippen LogP contribution in [0.4, 0.5) is 5.69 Å². The number of amides is 2. The van der Waals surface area contributed by atoms with Crippen molar-refractivity contribution in [1.82, 2.24) is 25.6 Å². The number of carbonyl (C=O) groups is 2. The summed E-state index contributed by atoms with van der Waals surface area (Å²) in [5.41, 5.74) is 5.09. The number of carbonyl (C=O) groups excluding carboxylic acids is 2. The van der Waals surface area contributed by atoms with E-state index in [0.29, 0.717) is 16.7 Å². The molecule has 0 aliphatic carbocycles. The topological polar surface area (TPSA) is 141 Å². The van der Waals surface area contributed by atoms with E-state index in [1.54, 1.807) is 18.7 Å². The maximum Gasteiger partial charge on any atom is 0.270 e. The first kappa shape index (κ1) is 21.8. The molecule has 0 atom stereocenters. The Kier molecular flexibility index (Phi) is 6.82. The van der Waals surface area contributed by atoms with Gasteiger partial charge in [-0.1, -0.05) is 30.0 Å². The standard InChI is InChI=1S/C19H18N6O5S/c1-24-17(14-8-3-4-9-15(14)30-2)21-23-19(24)31-11-16(26)20-22-18(27)12-6-5-7-13(10-12)25(28)29/h3-10H,11H2,1-2H3,(H,20,26)(H,22,27). The fourth-order valence-electron chi connectivity index (χ4n) is 2.63. The molecule has 0 aliphatic heterocycles. The lowest BCUT2D eigenvalue weighted by Gasteiger charge is -2.09. The summed E-state index contributed by atoms with van der Waals surface area (Å²) in [6, 6.07) is 12.6. The quantitative estimate of drug-likeness (QED) is 0.321. The molecule has 3 aromatic rings. The Labute approximate surface area is 180 Å². The number of methoxy groups -OCH3 is 1. The molecule has 0 fully saturated rings. The fraction of sp³-hybridized carbons (Fsp3) is 0.158. The van der Waals surface area contributed by atoms with E-state index in [9.17, 15) is 19.7 Å². The number of nitrogens with one attached hydrogen (secondary N) is 2. The third-order valence-corrected chi connectivity index (χ3v) is 5.17. The fourth-order valence-corrected chi connectivity index (χ4v) is 3.34. The third-order valence-electron chi connectivity index (χ3n) is 4.15. The molecule has 2 N–H and O–H groups in total. The first-order chi connectivity index (χ1) is 14.9. The molecule has 0 saturated heterocycles. The van der Waals surface area contributed by atoms with Gasteiger partial charge in [0.05, 0.1) is 23.3 Å². The summed E-state index contributed by atoms with van der Waals surface area (Å²) < 4.78 is 7.08. The third kappa shape index (κ3) is 5.17. The van der Waals surface area contributed by atoms with Crippen LogP contribution >= 0.6 is 11.8 Å². The van der Waals surface area contributed by atoms with E-state index in [1.165, 1.54) is 18.2 Å². The minimum absolute atomic E-state index is 0.0346. The predicted octanol–water partition coefficient (Wildman–Crippen LogP) is 1.95. The van der Waals surface area contributed by atoms with Gasteiger partial charge in [-0.2, -0.15) is 0 Å². The van der Waals surface area contributed by atoms with Crippen LogP contribution in [-0.4, -0.2) is 44.4 Å². The molecule has 2 aromatic carbocycles. The van der Waals surface area contributed by atoms with Gasteiger partial charge in [0.1, 0.15) is 5.75 Å². The summed E-state index contributed by atoms with van der Waals surface area (Å²) in [5, 5.41) is 19.6. The number of thioether (sulfide) groups is 1. The van der Waals surface area contributed by atoms with Crippen molar-refractivity contribution in [3.8, 4) is 17.1 Å². The van der Waals surface area contributed by atoms with E-state index < -0.39 is 16.7 Å². The maximum atomic E-state index is 12.1. The molecule has 0 radical (unpaired) electrons. The second-order valence-corrected chi connectivity index (χ2v) is 7.11. The van der Waals surface area contributed by atoms with Crippen molar-refractivity contribution < 1.29 is 19.2 Å². The Hall–Kier alpha value is -3.93. The van der Waals surface area contributed by atoms with Crippen molar-refractivity contribution in [1.29, 1.82) is 0 Å². The number of benzene rings is 2. The minimum Gasteiger partial charge on any atom is -0.496 e. The number of rotatable bonds is 7. The van der Waals surface area contributed by atoms with Crippen LogP contribution in [0.15, 0.2) is 53.7 Å². The molecule has 0 bridgehead atoms. The molecule has 31 heavy (non-hydrogen) atoms. The Morgan fingerprint density at radius 2 is 1.94 bits per heavy atom. The number of hydrogen-bond donors (Lipinski definition) is 2. The highest BCUT2D eigenvalue weighted by Crippen LogP contribution is 2.29. The van der Waals surface area contributed by atoms with Crippen LogP contribution in [0.1, 0.15) is 10.4 Å². The molecule has 11 nitrogen and oxygen atoms in total. The van der Waals surface area contributed by atoms with Crippen LogP contribution in [0.2, 0.25) is 0 Å². The molecule has 160 valence electrons. The average Bonchev–Trinajstić information content (AvgIpc) is 3.16. The summed E-state index contributed by atoms with van der Waals surface area (Å²) in [7, 11) is 3.34. The average molecular weight is 442 g/mol. The number of hydrogen-bond acceptors (Lipinski definition) is 8. The SMILES string of the molecule is COc1ccccc1-c1nnc(SCC(=O)NNC(=O)c2cccc([N+](=O)[O-])c2)n1C. The van der Waals surface area contributed by atoms with Crippen LogP contribution in [0.5, 0.6) is 5.75 Å². The number of nitro groups is 1. The van der Waals surface area contributed by atoms with Gasteiger partial charge >= 0.3 is 0 Å². The second-order valence-electron chi connectivity index (χ2n) is 6.16. The zero-order valence-electron chi connectivity index (χ0n) is 16.6. The summed E-state index contributed by atoms with van der Waals surface area (Å²) in [5.74, 6) is 0.0490. The molecule has 3 rings (SSSR count). The zero-order chi connectivity index (χ0) is 22.4. The molecule has 0 aliphatic rings. The van der Waals surface area contributed by atoms with Crippen molar-refractivity contribution in [3.05, 3.63) is 64.2 Å². The van der Waals surface area contributed by atoms with E-state index in [2.05, 4.69) is 21.0 Å². The minimum atomic E-state index is -0.667. The van der Waals surface area contributed by atoms with Crippen molar-refractivity contribution in [2.24, 2.45) is 7.05 Å². The molecule has 0 saturated carbocycles. The van der Waals surface area contributed by atoms with Crippen LogP contribution in [0, 0.1) is 10.1 Å². The van der Waals surface area contributed by atoms with Crippen molar-refractivity contribution in [3.63, 3.8) is 0 Å². The van der Waals surface area contributed by atoms with Crippen LogP contribution in [0.3, 0.4) is 0 Å². The number of para-hydroxylation sites is 1. The lowest BCUT2D eigenvalue weighted by atomic mass is 10.2. The molecular weight excluding hydrogens is 424 g/mol. The van der Waals surface area contributed by atoms with E-state index in [1.807, 2.05) is 24.3 Å². The number of aromatic nitrogens is 3. The van der Waals surface area contributed by atoms with E-state index >= 15 is 0 Å². The summed E-state index contributed by atoms with van der Waals surface area (Å²) in [4.78, 5) is 34.4. The number of nitro benzene ring substituents is 1. The number of non-ortho nitro benzene ring substituents is 1. The summed E-state index contributed by atoms with van der Waals surface area (Å²) >= 11 is 1.13. The first-order valence-corrected chi connectivity index (χ1v) is 9.88. The van der Waals surface area contributed by atoms with Gasteiger partial charge in [-0.05, 0) is 18.2 Å². The van der Waals surface area contributed by atoms with Gasteiger partial charge in [0.25, 0.3) is 11.6 Å². The van der Waals surface area contributed by atoms with Crippen LogP contribution in [0.25, 0.3) is 11.4 Å². The Balaban J connectivity index is 1.57. The molecular formula is C19H18N6O5S. The molecule has 0 spiro atoms. The maximum absolute atomic E-state index is 12.1. The van der Waals surface area contributed by atoms with E-state index in [-0.39, 0.29) is 17.0 Å². The molecule has 2 amide bonds. The Bertz CT molecular complexity index is 1130. The van der Waals surface area contributed by atoms with Gasteiger partial charge in [-0.3, -0.25) is 30.6 Å². The molecule has 0 unspecified atom stereocenters. The molecule has 1 aromatic heterocycles. The Morgan fingerprint density at radius 1 is 1.16 bits per heavy atom. The van der Waals surface area contributed by atoms with E-state index in [0.717, 1.165) is 23.4 Å². The van der Waals surface area contributed by atoms with Crippen molar-refractivity contribution in [2.75, 3.05) is 12.9 Å². The Morgan fingerprint density at radius 3 is 2.68 bits per heavy atom. The van der Waals surface area contributed by atoms with Gasteiger partial charge in [0.15, 0.2) is 11.0 Å². The van der Waals surface area contributed by atoms with Gasteiger partial charge in [-0.15, -0.1) is 10.2 Å². The van der Waals surface area contributed by atoms with Gasteiger partial charge in [0, 0.05) is 24.7 Å². The lowest BCUT2D eigenvalue weighted by Crippen LogP contribution is -2.42. The predicted molar refractivity (Wildman–Crippen MR) is 112 cm³/mol. The lowest BCUT2D eigenvalue weighted by molar-refractivity contribution is -0.384. The van der Waals surface area contributed by atoms with Crippen molar-refractivity contribution >= 4 is 29.3 Å². The summed E-state index contributed by atoms with van der Waals surface area (Å²) in [6.45, 7) is 0. The van der Waals surface area contributed by atoms with Gasteiger partial charge < -0.3 is 9.30 Å². The van der Waals surface area contributed by atoms with E-state index in [4.69, 9.17) is 4.74 Å². The number of hydrazine groups is 1. The van der Waals surface area contributed by atoms with Crippen molar-refractivity contribution in [2.45, 2.75) is 5.16 Å². The highest BCUT2D eigenvalue weighted by Gasteiger charge is 2.16. The van der Waals surface area contributed by atoms with Gasteiger partial charge in [0.2, 0.25) is 5.91 Å². The van der Waals surface area contributed by atoms with Gasteiger partial charge in [-0.25, -0.2) is 0 Å². The normalized spacial score (nSPS) is 10.4. The number of nitrogens with zero attached hydrogens (tertiary/aromatic N) is 4. The zero-order valence-corrected chi connectivity index (χ0v) is 17.4. The first-order valence-electron chi connectivity index (χ1n) is 8.90. The second kappa shape index (κ2) is 9.71. The molecule has 12 heteroatoms. The van der Waals surface area contributed by atoms with Crippen LogP contribution in [-0.2, 0) is 11.8 Å².